The third kappa shape index (κ3) is 2.26. The molecule has 1 aromatic carbocycles. The molecule has 1 aliphatic heterocycles. The Balaban J connectivity index is 2.19. The zero-order valence-corrected chi connectivity index (χ0v) is 9.86. The number of nitrogens with zero attached hydrogens (tertiary/aromatic N) is 1. The minimum absolute atomic E-state index is 0.0368. The average molecular weight is 240 g/mol. The fourth-order valence-electron chi connectivity index (χ4n) is 2.00. The molecule has 0 bridgehead atoms. The minimum atomic E-state index is -3.09. The predicted octanol–water partition coefficient (Wildman–Crippen LogP) is 0.549. The third-order valence-corrected chi connectivity index (χ3v) is 4.82. The number of hydrogen-bond donors (Lipinski definition) is 1. The molecule has 5 heteroatoms. The Morgan fingerprint density at radius 2 is 2.00 bits per heavy atom. The predicted molar refractivity (Wildman–Crippen MR) is 63.2 cm³/mol. The standard InChI is InChI=1S/C11H16N2O2S/c12-8-11-6-7-16(14,15)13(11)9-10-4-2-1-3-5-10/h1-5,11H,6-9,12H2. The van der Waals surface area contributed by atoms with Crippen LogP contribution in [0, 0.1) is 0 Å². The maximum Gasteiger partial charge on any atom is 0.214 e. The van der Waals surface area contributed by atoms with Gasteiger partial charge in [0.15, 0.2) is 0 Å². The van der Waals surface area contributed by atoms with E-state index in [9.17, 15) is 8.42 Å². The van der Waals surface area contributed by atoms with Crippen LogP contribution in [0.3, 0.4) is 0 Å². The van der Waals surface area contributed by atoms with Crippen LogP contribution in [-0.4, -0.2) is 31.1 Å². The molecule has 1 aliphatic rings. The van der Waals surface area contributed by atoms with Crippen LogP contribution in [0.5, 0.6) is 0 Å². The Morgan fingerprint density at radius 3 is 2.62 bits per heavy atom. The summed E-state index contributed by atoms with van der Waals surface area (Å²) < 4.78 is 25.1. The van der Waals surface area contributed by atoms with Crippen molar-refractivity contribution in [1.29, 1.82) is 0 Å². The molecule has 1 unspecified atom stereocenters. The van der Waals surface area contributed by atoms with Crippen molar-refractivity contribution in [2.24, 2.45) is 5.73 Å². The van der Waals surface area contributed by atoms with Crippen LogP contribution in [0.15, 0.2) is 30.3 Å². The second-order valence-corrected chi connectivity index (χ2v) is 6.07. The third-order valence-electron chi connectivity index (χ3n) is 2.93. The van der Waals surface area contributed by atoms with Crippen molar-refractivity contribution in [3.63, 3.8) is 0 Å². The lowest BCUT2D eigenvalue weighted by Gasteiger charge is -2.21. The monoisotopic (exact) mass is 240 g/mol. The highest BCUT2D eigenvalue weighted by Gasteiger charge is 2.36. The first-order chi connectivity index (χ1) is 7.63. The molecule has 2 N–H and O–H groups in total. The summed E-state index contributed by atoms with van der Waals surface area (Å²) >= 11 is 0. The Hall–Kier alpha value is -0.910. The summed E-state index contributed by atoms with van der Waals surface area (Å²) in [5.41, 5.74) is 6.60. The van der Waals surface area contributed by atoms with Gasteiger partial charge in [0.2, 0.25) is 10.0 Å². The average Bonchev–Trinajstić information content (AvgIpc) is 2.56. The lowest BCUT2D eigenvalue weighted by Crippen LogP contribution is -2.37. The molecular formula is C11H16N2O2S. The molecule has 0 spiro atoms. The molecule has 2 rings (SSSR count). The molecule has 0 radical (unpaired) electrons. The van der Waals surface area contributed by atoms with Crippen molar-refractivity contribution in [2.45, 2.75) is 19.0 Å². The quantitative estimate of drug-likeness (QED) is 0.839. The topological polar surface area (TPSA) is 63.4 Å². The smallest absolute Gasteiger partial charge is 0.214 e. The molecule has 1 heterocycles. The van der Waals surface area contributed by atoms with Crippen LogP contribution >= 0.6 is 0 Å². The van der Waals surface area contributed by atoms with Crippen molar-refractivity contribution >= 4 is 10.0 Å². The highest BCUT2D eigenvalue weighted by atomic mass is 32.2. The molecule has 1 aromatic rings. The summed E-state index contributed by atoms with van der Waals surface area (Å²) in [4.78, 5) is 0. The molecule has 1 fully saturated rings. The van der Waals surface area contributed by atoms with E-state index in [2.05, 4.69) is 0 Å². The number of nitrogens with two attached hydrogens (primary N) is 1. The lowest BCUT2D eigenvalue weighted by molar-refractivity contribution is 0.342. The van der Waals surface area contributed by atoms with Gasteiger partial charge in [0, 0.05) is 19.1 Å². The minimum Gasteiger partial charge on any atom is -0.329 e. The second kappa shape index (κ2) is 4.53. The van der Waals surface area contributed by atoms with Gasteiger partial charge in [-0.1, -0.05) is 30.3 Å². The van der Waals surface area contributed by atoms with E-state index in [1.165, 1.54) is 4.31 Å². The molecule has 88 valence electrons. The van der Waals surface area contributed by atoms with E-state index >= 15 is 0 Å². The summed E-state index contributed by atoms with van der Waals surface area (Å²) in [6, 6.07) is 9.57. The van der Waals surface area contributed by atoms with E-state index in [-0.39, 0.29) is 11.8 Å². The van der Waals surface area contributed by atoms with Crippen molar-refractivity contribution in [3.05, 3.63) is 35.9 Å². The van der Waals surface area contributed by atoms with E-state index in [1.54, 1.807) is 0 Å². The van der Waals surface area contributed by atoms with E-state index in [4.69, 9.17) is 5.73 Å². The largest absolute Gasteiger partial charge is 0.329 e. The summed E-state index contributed by atoms with van der Waals surface area (Å²) in [5, 5.41) is 0. The molecule has 0 aliphatic carbocycles. The van der Waals surface area contributed by atoms with Crippen LogP contribution in [0.4, 0.5) is 0 Å². The van der Waals surface area contributed by atoms with Gasteiger partial charge in [-0.25, -0.2) is 8.42 Å². The first-order valence-corrected chi connectivity index (χ1v) is 6.98. The summed E-state index contributed by atoms with van der Waals surface area (Å²) in [6.07, 6.45) is 0.645. The van der Waals surface area contributed by atoms with Gasteiger partial charge in [-0.2, -0.15) is 4.31 Å². The molecule has 1 saturated heterocycles. The van der Waals surface area contributed by atoms with Crippen LogP contribution in [0.1, 0.15) is 12.0 Å². The first-order valence-electron chi connectivity index (χ1n) is 5.37. The molecule has 1 atom stereocenters. The lowest BCUT2D eigenvalue weighted by atomic mass is 10.2. The fraction of sp³-hybridized carbons (Fsp3) is 0.455. The zero-order valence-electron chi connectivity index (χ0n) is 9.04. The van der Waals surface area contributed by atoms with Gasteiger partial charge in [-0.3, -0.25) is 0 Å². The first kappa shape index (κ1) is 11.6. The Bertz CT molecular complexity index is 444. The summed E-state index contributed by atoms with van der Waals surface area (Å²) in [7, 11) is -3.09. The van der Waals surface area contributed by atoms with E-state index in [0.29, 0.717) is 19.5 Å². The van der Waals surface area contributed by atoms with E-state index in [1.807, 2.05) is 30.3 Å². The second-order valence-electron chi connectivity index (χ2n) is 4.03. The Labute approximate surface area is 96.1 Å². The molecular weight excluding hydrogens is 224 g/mol. The van der Waals surface area contributed by atoms with Gasteiger partial charge in [-0.15, -0.1) is 0 Å². The number of rotatable bonds is 3. The van der Waals surface area contributed by atoms with Crippen molar-refractivity contribution < 1.29 is 8.42 Å². The number of sulfonamides is 1. The number of hydrogen-bond acceptors (Lipinski definition) is 3. The van der Waals surface area contributed by atoms with E-state index in [0.717, 1.165) is 5.56 Å². The van der Waals surface area contributed by atoms with Crippen molar-refractivity contribution in [3.8, 4) is 0 Å². The van der Waals surface area contributed by atoms with Crippen LogP contribution in [-0.2, 0) is 16.6 Å². The van der Waals surface area contributed by atoms with Gasteiger partial charge in [0.05, 0.1) is 5.75 Å². The van der Waals surface area contributed by atoms with Gasteiger partial charge in [-0.05, 0) is 12.0 Å². The Morgan fingerprint density at radius 1 is 1.31 bits per heavy atom. The molecule has 0 aromatic heterocycles. The van der Waals surface area contributed by atoms with Crippen LogP contribution in [0.25, 0.3) is 0 Å². The highest BCUT2D eigenvalue weighted by Crippen LogP contribution is 2.23. The highest BCUT2D eigenvalue weighted by molar-refractivity contribution is 7.89. The SMILES string of the molecule is NCC1CCS(=O)(=O)N1Cc1ccccc1. The molecule has 0 amide bonds. The van der Waals surface area contributed by atoms with Gasteiger partial charge in [0.1, 0.15) is 0 Å². The van der Waals surface area contributed by atoms with E-state index < -0.39 is 10.0 Å². The Kier molecular flexibility index (Phi) is 3.28. The normalized spacial score (nSPS) is 24.7. The van der Waals surface area contributed by atoms with Gasteiger partial charge in [0.25, 0.3) is 0 Å². The zero-order chi connectivity index (χ0) is 11.6. The fourth-order valence-corrected chi connectivity index (χ4v) is 3.80. The van der Waals surface area contributed by atoms with Crippen molar-refractivity contribution in [2.75, 3.05) is 12.3 Å². The summed E-state index contributed by atoms with van der Waals surface area (Å²) in [6.45, 7) is 0.830. The van der Waals surface area contributed by atoms with Crippen LogP contribution in [0.2, 0.25) is 0 Å². The van der Waals surface area contributed by atoms with Crippen LogP contribution < -0.4 is 5.73 Å². The molecule has 4 nitrogen and oxygen atoms in total. The molecule has 0 saturated carbocycles. The number of benzene rings is 1. The summed E-state index contributed by atoms with van der Waals surface area (Å²) in [5.74, 6) is 0.224. The maximum atomic E-state index is 11.8. The maximum absolute atomic E-state index is 11.8. The van der Waals surface area contributed by atoms with Gasteiger partial charge < -0.3 is 5.73 Å². The van der Waals surface area contributed by atoms with Gasteiger partial charge >= 0.3 is 0 Å². The molecule has 16 heavy (non-hydrogen) atoms. The van der Waals surface area contributed by atoms with Crippen molar-refractivity contribution in [1.82, 2.24) is 4.31 Å².